The number of thiazole rings is 1. The van der Waals surface area contributed by atoms with Crippen LogP contribution in [0.2, 0.25) is 0 Å². The number of sulfonamides is 1. The van der Waals surface area contributed by atoms with Crippen molar-refractivity contribution in [1.29, 1.82) is 0 Å². The molecule has 0 saturated carbocycles. The molecule has 5 rings (SSSR count). The lowest BCUT2D eigenvalue weighted by molar-refractivity contribution is -0.123. The van der Waals surface area contributed by atoms with Gasteiger partial charge in [0.25, 0.3) is 0 Å². The molecule has 1 amide bonds. The van der Waals surface area contributed by atoms with Crippen molar-refractivity contribution < 1.29 is 17.9 Å². The predicted molar refractivity (Wildman–Crippen MR) is 140 cm³/mol. The maximum atomic E-state index is 13.9. The summed E-state index contributed by atoms with van der Waals surface area (Å²) in [6.45, 7) is 0.772. The molecule has 0 N–H and O–H groups in total. The van der Waals surface area contributed by atoms with Crippen LogP contribution in [0, 0.1) is 5.92 Å². The molecule has 3 heterocycles. The molecule has 1 aliphatic heterocycles. The van der Waals surface area contributed by atoms with E-state index in [2.05, 4.69) is 4.98 Å². The fourth-order valence-corrected chi connectivity index (χ4v) is 6.85. The Morgan fingerprint density at radius 1 is 1.14 bits per heavy atom. The normalized spacial score (nSPS) is 16.6. The van der Waals surface area contributed by atoms with Gasteiger partial charge in [0, 0.05) is 25.4 Å². The molecule has 186 valence electrons. The van der Waals surface area contributed by atoms with Gasteiger partial charge in [-0.1, -0.05) is 35.6 Å². The van der Waals surface area contributed by atoms with Gasteiger partial charge < -0.3 is 4.74 Å². The molecule has 1 unspecified atom stereocenters. The second-order valence-electron chi connectivity index (χ2n) is 8.59. The Hall–Kier alpha value is -3.34. The minimum atomic E-state index is -3.68. The Kier molecular flexibility index (Phi) is 6.99. The number of hydrogen-bond donors (Lipinski definition) is 0. The van der Waals surface area contributed by atoms with E-state index in [1.54, 1.807) is 48.5 Å². The van der Waals surface area contributed by atoms with E-state index in [1.807, 2.05) is 36.4 Å². The minimum Gasteiger partial charge on any atom is -0.497 e. The average molecular weight is 523 g/mol. The Balaban J connectivity index is 1.45. The smallest absolute Gasteiger partial charge is 0.243 e. The molecule has 1 aliphatic rings. The number of hydrogen-bond acceptors (Lipinski definition) is 7. The van der Waals surface area contributed by atoms with Crippen molar-refractivity contribution in [3.05, 3.63) is 78.6 Å². The van der Waals surface area contributed by atoms with E-state index in [0.29, 0.717) is 30.3 Å². The lowest BCUT2D eigenvalue weighted by Gasteiger charge is -2.33. The average Bonchev–Trinajstić information content (AvgIpc) is 3.35. The molecule has 2 aromatic carbocycles. The van der Waals surface area contributed by atoms with Crippen LogP contribution in [-0.4, -0.2) is 48.8 Å². The summed E-state index contributed by atoms with van der Waals surface area (Å²) in [6, 6.07) is 19.6. The largest absolute Gasteiger partial charge is 0.497 e. The number of carbonyl (C=O) groups is 1. The molecule has 1 fully saturated rings. The van der Waals surface area contributed by atoms with Crippen molar-refractivity contribution in [2.75, 3.05) is 25.1 Å². The number of piperidine rings is 1. The molecule has 8 nitrogen and oxygen atoms in total. The number of anilines is 1. The molecule has 2 aromatic heterocycles. The summed E-state index contributed by atoms with van der Waals surface area (Å²) in [6.07, 6.45) is 2.91. The van der Waals surface area contributed by atoms with Crippen molar-refractivity contribution in [3.63, 3.8) is 0 Å². The number of pyridine rings is 1. The molecular formula is C26H26N4O4S2. The van der Waals surface area contributed by atoms with Gasteiger partial charge in [-0.25, -0.2) is 13.4 Å². The standard InChI is InChI=1S/C26H26N4O4S2/c1-34-21-12-13-24-23(16-21)28-26(35-24)30(18-20-9-5-6-14-27-20)25(31)19-8-7-15-29(17-19)36(32,33)22-10-3-2-4-11-22/h2-6,9-14,16,19H,7-8,15,17-18H2,1H3. The maximum absolute atomic E-state index is 13.9. The first-order valence-electron chi connectivity index (χ1n) is 11.7. The highest BCUT2D eigenvalue weighted by molar-refractivity contribution is 7.89. The summed E-state index contributed by atoms with van der Waals surface area (Å²) >= 11 is 1.42. The highest BCUT2D eigenvalue weighted by Crippen LogP contribution is 2.34. The molecule has 0 aliphatic carbocycles. The van der Waals surface area contributed by atoms with E-state index in [9.17, 15) is 13.2 Å². The van der Waals surface area contributed by atoms with Crippen LogP contribution in [0.1, 0.15) is 18.5 Å². The number of amides is 1. The fraction of sp³-hybridized carbons (Fsp3) is 0.269. The molecule has 0 bridgehead atoms. The monoisotopic (exact) mass is 522 g/mol. The molecule has 0 radical (unpaired) electrons. The summed E-state index contributed by atoms with van der Waals surface area (Å²) < 4.78 is 34.1. The summed E-state index contributed by atoms with van der Waals surface area (Å²) in [5.41, 5.74) is 1.47. The van der Waals surface area contributed by atoms with Crippen molar-refractivity contribution in [1.82, 2.24) is 14.3 Å². The highest BCUT2D eigenvalue weighted by atomic mass is 32.2. The van der Waals surface area contributed by atoms with Gasteiger partial charge >= 0.3 is 0 Å². The van der Waals surface area contributed by atoms with Crippen LogP contribution < -0.4 is 9.64 Å². The van der Waals surface area contributed by atoms with Crippen LogP contribution in [0.3, 0.4) is 0 Å². The van der Waals surface area contributed by atoms with E-state index < -0.39 is 15.9 Å². The number of methoxy groups -OCH3 is 1. The van der Waals surface area contributed by atoms with Gasteiger partial charge in [0.1, 0.15) is 5.75 Å². The zero-order valence-electron chi connectivity index (χ0n) is 19.8. The minimum absolute atomic E-state index is 0.132. The number of nitrogens with zero attached hydrogens (tertiary/aromatic N) is 4. The molecular weight excluding hydrogens is 496 g/mol. The van der Waals surface area contributed by atoms with Gasteiger partial charge in [-0.2, -0.15) is 4.31 Å². The van der Waals surface area contributed by atoms with E-state index in [0.717, 1.165) is 15.9 Å². The lowest BCUT2D eigenvalue weighted by atomic mass is 9.98. The maximum Gasteiger partial charge on any atom is 0.243 e. The number of benzene rings is 2. The number of fused-ring (bicyclic) bond motifs is 1. The van der Waals surface area contributed by atoms with Crippen molar-refractivity contribution in [2.24, 2.45) is 5.92 Å². The van der Waals surface area contributed by atoms with E-state index in [1.165, 1.54) is 15.6 Å². The highest BCUT2D eigenvalue weighted by Gasteiger charge is 2.36. The van der Waals surface area contributed by atoms with E-state index in [4.69, 9.17) is 9.72 Å². The van der Waals surface area contributed by atoms with Crippen LogP contribution >= 0.6 is 11.3 Å². The van der Waals surface area contributed by atoms with Crippen LogP contribution in [0.25, 0.3) is 10.2 Å². The topological polar surface area (TPSA) is 92.7 Å². The fourth-order valence-electron chi connectivity index (χ4n) is 4.36. The zero-order valence-corrected chi connectivity index (χ0v) is 21.4. The quantitative estimate of drug-likeness (QED) is 0.359. The third-order valence-electron chi connectivity index (χ3n) is 6.24. The van der Waals surface area contributed by atoms with E-state index >= 15 is 0 Å². The number of ether oxygens (including phenoxy) is 1. The van der Waals surface area contributed by atoms with Crippen molar-refractivity contribution >= 4 is 42.6 Å². The van der Waals surface area contributed by atoms with Crippen LogP contribution in [0.4, 0.5) is 5.13 Å². The van der Waals surface area contributed by atoms with Crippen LogP contribution in [0.15, 0.2) is 77.8 Å². The number of aromatic nitrogens is 2. The molecule has 4 aromatic rings. The summed E-state index contributed by atoms with van der Waals surface area (Å²) in [7, 11) is -2.08. The molecule has 0 spiro atoms. The van der Waals surface area contributed by atoms with E-state index in [-0.39, 0.29) is 23.9 Å². The second kappa shape index (κ2) is 10.3. The second-order valence-corrected chi connectivity index (χ2v) is 11.5. The molecule has 1 atom stereocenters. The summed E-state index contributed by atoms with van der Waals surface area (Å²) in [5, 5.41) is 0.553. The Labute approximate surface area is 214 Å². The van der Waals surface area contributed by atoms with Gasteiger partial charge in [-0.15, -0.1) is 0 Å². The first-order chi connectivity index (χ1) is 17.5. The first-order valence-corrected chi connectivity index (χ1v) is 13.9. The number of carbonyl (C=O) groups excluding carboxylic acids is 1. The van der Waals surface area contributed by atoms with Gasteiger partial charge in [-0.3, -0.25) is 14.7 Å². The third kappa shape index (κ3) is 4.97. The third-order valence-corrected chi connectivity index (χ3v) is 9.18. The number of rotatable bonds is 7. The zero-order chi connectivity index (χ0) is 25.1. The van der Waals surface area contributed by atoms with Gasteiger partial charge in [-0.05, 0) is 49.2 Å². The van der Waals surface area contributed by atoms with Crippen LogP contribution in [-0.2, 0) is 21.4 Å². The summed E-state index contributed by atoms with van der Waals surface area (Å²) in [5.74, 6) is 0.0538. The Morgan fingerprint density at radius 3 is 2.69 bits per heavy atom. The SMILES string of the molecule is COc1ccc2sc(N(Cc3ccccn3)C(=O)C3CCCN(S(=O)(=O)c4ccccc4)C3)nc2c1. The molecule has 36 heavy (non-hydrogen) atoms. The first kappa shape index (κ1) is 24.4. The van der Waals surface area contributed by atoms with Crippen LogP contribution in [0.5, 0.6) is 5.75 Å². The lowest BCUT2D eigenvalue weighted by Crippen LogP contribution is -2.46. The van der Waals surface area contributed by atoms with Gasteiger partial charge in [0.05, 0.1) is 40.4 Å². The molecule has 10 heteroatoms. The Bertz CT molecular complexity index is 1460. The summed E-state index contributed by atoms with van der Waals surface area (Å²) in [4.78, 5) is 24.9. The van der Waals surface area contributed by atoms with Gasteiger partial charge in [0.2, 0.25) is 15.9 Å². The van der Waals surface area contributed by atoms with Crippen molar-refractivity contribution in [2.45, 2.75) is 24.3 Å². The Morgan fingerprint density at radius 2 is 1.94 bits per heavy atom. The molecule has 1 saturated heterocycles. The van der Waals surface area contributed by atoms with Crippen molar-refractivity contribution in [3.8, 4) is 5.75 Å². The predicted octanol–water partition coefficient (Wildman–Crippen LogP) is 4.33. The van der Waals surface area contributed by atoms with Gasteiger partial charge in [0.15, 0.2) is 5.13 Å².